The van der Waals surface area contributed by atoms with E-state index in [9.17, 15) is 0 Å². The number of nitrogens with zero attached hydrogens (tertiary/aromatic N) is 1. The van der Waals surface area contributed by atoms with Gasteiger partial charge in [0, 0.05) is 24.5 Å². The van der Waals surface area contributed by atoms with Gasteiger partial charge >= 0.3 is 0 Å². The zero-order chi connectivity index (χ0) is 8.81. The van der Waals surface area contributed by atoms with Gasteiger partial charge in [0.25, 0.3) is 0 Å². The average Bonchev–Trinajstić information content (AvgIpc) is 2.15. The number of hydrogen-bond donors (Lipinski definition) is 2. The Labute approximate surface area is 71.2 Å². The minimum atomic E-state index is -0.132. The SMILES string of the molecule is NCc1cncc(C#CCO)c1. The number of rotatable bonds is 1. The third-order valence-electron chi connectivity index (χ3n) is 1.34. The zero-order valence-electron chi connectivity index (χ0n) is 6.62. The first kappa shape index (κ1) is 8.72. The molecule has 1 heterocycles. The number of aromatic nitrogens is 1. The van der Waals surface area contributed by atoms with E-state index < -0.39 is 0 Å². The number of nitrogens with two attached hydrogens (primary N) is 1. The van der Waals surface area contributed by atoms with Crippen molar-refractivity contribution in [2.45, 2.75) is 6.54 Å². The minimum absolute atomic E-state index is 0.132. The van der Waals surface area contributed by atoms with Crippen molar-refractivity contribution < 1.29 is 5.11 Å². The third kappa shape index (κ3) is 2.35. The Morgan fingerprint density at radius 1 is 1.50 bits per heavy atom. The van der Waals surface area contributed by atoms with Crippen molar-refractivity contribution in [3.05, 3.63) is 29.6 Å². The molecule has 0 aromatic carbocycles. The van der Waals surface area contributed by atoms with Crippen molar-refractivity contribution >= 4 is 0 Å². The topological polar surface area (TPSA) is 59.1 Å². The Kier molecular flexibility index (Phi) is 3.27. The minimum Gasteiger partial charge on any atom is -0.384 e. The van der Waals surface area contributed by atoms with Gasteiger partial charge in [-0.1, -0.05) is 11.8 Å². The summed E-state index contributed by atoms with van der Waals surface area (Å²) < 4.78 is 0. The molecular weight excluding hydrogens is 152 g/mol. The Hall–Kier alpha value is -1.37. The Bertz CT molecular complexity index is 312. The average molecular weight is 162 g/mol. The van der Waals surface area contributed by atoms with Crippen LogP contribution in [0.3, 0.4) is 0 Å². The Morgan fingerprint density at radius 2 is 2.33 bits per heavy atom. The Morgan fingerprint density at radius 3 is 3.00 bits per heavy atom. The summed E-state index contributed by atoms with van der Waals surface area (Å²) in [5, 5.41) is 8.44. The van der Waals surface area contributed by atoms with Gasteiger partial charge in [-0.3, -0.25) is 4.98 Å². The fourth-order valence-electron chi connectivity index (χ4n) is 0.809. The van der Waals surface area contributed by atoms with Crippen LogP contribution in [-0.2, 0) is 6.54 Å². The molecule has 0 radical (unpaired) electrons. The van der Waals surface area contributed by atoms with E-state index >= 15 is 0 Å². The molecule has 0 fully saturated rings. The van der Waals surface area contributed by atoms with E-state index in [0.717, 1.165) is 11.1 Å². The van der Waals surface area contributed by atoms with E-state index in [1.54, 1.807) is 12.4 Å². The van der Waals surface area contributed by atoms with Crippen LogP contribution in [0.25, 0.3) is 0 Å². The summed E-state index contributed by atoms with van der Waals surface area (Å²) in [5.74, 6) is 5.29. The van der Waals surface area contributed by atoms with Crippen LogP contribution < -0.4 is 5.73 Å². The molecule has 12 heavy (non-hydrogen) atoms. The number of aliphatic hydroxyl groups excluding tert-OH is 1. The van der Waals surface area contributed by atoms with Crippen LogP contribution in [-0.4, -0.2) is 16.7 Å². The lowest BCUT2D eigenvalue weighted by atomic mass is 10.2. The number of hydrogen-bond acceptors (Lipinski definition) is 3. The summed E-state index contributed by atoms with van der Waals surface area (Å²) in [6, 6.07) is 1.86. The zero-order valence-corrected chi connectivity index (χ0v) is 6.62. The molecule has 3 N–H and O–H groups in total. The smallest absolute Gasteiger partial charge is 0.104 e. The molecule has 0 saturated carbocycles. The summed E-state index contributed by atoms with van der Waals surface area (Å²) in [4.78, 5) is 3.94. The van der Waals surface area contributed by atoms with E-state index in [0.29, 0.717) is 6.54 Å². The van der Waals surface area contributed by atoms with Gasteiger partial charge in [0.05, 0.1) is 0 Å². The molecule has 62 valence electrons. The van der Waals surface area contributed by atoms with Crippen molar-refractivity contribution in [3.63, 3.8) is 0 Å². The standard InChI is InChI=1S/C9H10N2O/c10-5-9-4-8(2-1-3-12)6-11-7-9/h4,6-7,12H,3,5,10H2. The van der Waals surface area contributed by atoms with Gasteiger partial charge in [-0.15, -0.1) is 0 Å². The molecule has 0 spiro atoms. The predicted molar refractivity (Wildman–Crippen MR) is 46.1 cm³/mol. The first-order chi connectivity index (χ1) is 5.86. The molecule has 0 aliphatic carbocycles. The van der Waals surface area contributed by atoms with Crippen LogP contribution in [0.5, 0.6) is 0 Å². The molecule has 1 aromatic rings. The first-order valence-electron chi connectivity index (χ1n) is 3.60. The monoisotopic (exact) mass is 162 g/mol. The Balaban J connectivity index is 2.86. The normalized spacial score (nSPS) is 8.83. The maximum absolute atomic E-state index is 8.44. The second kappa shape index (κ2) is 4.50. The van der Waals surface area contributed by atoms with Gasteiger partial charge in [0.2, 0.25) is 0 Å². The highest BCUT2D eigenvalue weighted by Crippen LogP contribution is 1.99. The van der Waals surface area contributed by atoms with Crippen LogP contribution in [0.1, 0.15) is 11.1 Å². The van der Waals surface area contributed by atoms with Gasteiger partial charge < -0.3 is 10.8 Å². The summed E-state index contributed by atoms with van der Waals surface area (Å²) >= 11 is 0. The van der Waals surface area contributed by atoms with E-state index in [1.807, 2.05) is 6.07 Å². The van der Waals surface area contributed by atoms with E-state index in [2.05, 4.69) is 16.8 Å². The molecule has 0 aliphatic heterocycles. The summed E-state index contributed by atoms with van der Waals surface area (Å²) in [7, 11) is 0. The van der Waals surface area contributed by atoms with Gasteiger partial charge in [-0.05, 0) is 11.6 Å². The molecule has 3 nitrogen and oxygen atoms in total. The highest BCUT2D eigenvalue weighted by molar-refractivity contribution is 5.34. The molecule has 1 aromatic heterocycles. The van der Waals surface area contributed by atoms with E-state index in [1.165, 1.54) is 0 Å². The van der Waals surface area contributed by atoms with Crippen molar-refractivity contribution in [3.8, 4) is 11.8 Å². The molecular formula is C9H10N2O. The van der Waals surface area contributed by atoms with E-state index in [-0.39, 0.29) is 6.61 Å². The molecule has 0 atom stereocenters. The quantitative estimate of drug-likeness (QED) is 0.566. The highest BCUT2D eigenvalue weighted by atomic mass is 16.2. The molecule has 0 unspecified atom stereocenters. The predicted octanol–water partition coefficient (Wildman–Crippen LogP) is -0.116. The van der Waals surface area contributed by atoms with Crippen molar-refractivity contribution in [2.24, 2.45) is 5.73 Å². The summed E-state index contributed by atoms with van der Waals surface area (Å²) in [5.41, 5.74) is 7.14. The number of pyridine rings is 1. The van der Waals surface area contributed by atoms with Crippen molar-refractivity contribution in [2.75, 3.05) is 6.61 Å². The largest absolute Gasteiger partial charge is 0.384 e. The third-order valence-corrected chi connectivity index (χ3v) is 1.34. The van der Waals surface area contributed by atoms with Crippen LogP contribution in [0.4, 0.5) is 0 Å². The lowest BCUT2D eigenvalue weighted by Crippen LogP contribution is -1.97. The van der Waals surface area contributed by atoms with Crippen molar-refractivity contribution in [1.29, 1.82) is 0 Å². The maximum Gasteiger partial charge on any atom is 0.104 e. The lowest BCUT2D eigenvalue weighted by molar-refractivity contribution is 0.350. The lowest BCUT2D eigenvalue weighted by Gasteiger charge is -1.94. The molecule has 0 bridgehead atoms. The van der Waals surface area contributed by atoms with E-state index in [4.69, 9.17) is 10.8 Å². The van der Waals surface area contributed by atoms with Gasteiger partial charge in [-0.25, -0.2) is 0 Å². The molecule has 0 aliphatic rings. The fourth-order valence-corrected chi connectivity index (χ4v) is 0.809. The van der Waals surface area contributed by atoms with Crippen LogP contribution >= 0.6 is 0 Å². The molecule has 1 rings (SSSR count). The van der Waals surface area contributed by atoms with Gasteiger partial charge in [-0.2, -0.15) is 0 Å². The molecule has 0 amide bonds. The van der Waals surface area contributed by atoms with Crippen LogP contribution in [0, 0.1) is 11.8 Å². The summed E-state index contributed by atoms with van der Waals surface area (Å²) in [6.45, 7) is 0.328. The second-order valence-electron chi connectivity index (χ2n) is 2.25. The fraction of sp³-hybridized carbons (Fsp3) is 0.222. The molecule has 0 saturated heterocycles. The first-order valence-corrected chi connectivity index (χ1v) is 3.60. The second-order valence-corrected chi connectivity index (χ2v) is 2.25. The van der Waals surface area contributed by atoms with Crippen molar-refractivity contribution in [1.82, 2.24) is 4.98 Å². The molecule has 3 heteroatoms. The van der Waals surface area contributed by atoms with Gasteiger partial charge in [0.1, 0.15) is 6.61 Å². The van der Waals surface area contributed by atoms with Crippen LogP contribution in [0.15, 0.2) is 18.5 Å². The summed E-state index contributed by atoms with van der Waals surface area (Å²) in [6.07, 6.45) is 3.34. The maximum atomic E-state index is 8.44. The van der Waals surface area contributed by atoms with Gasteiger partial charge in [0.15, 0.2) is 0 Å². The highest BCUT2D eigenvalue weighted by Gasteiger charge is 1.90. The number of aliphatic hydroxyl groups is 1. The van der Waals surface area contributed by atoms with Crippen LogP contribution in [0.2, 0.25) is 0 Å².